The molecule has 2 rings (SSSR count). The summed E-state index contributed by atoms with van der Waals surface area (Å²) in [6.07, 6.45) is 12.9. The topological polar surface area (TPSA) is 51.0 Å². The predicted octanol–water partition coefficient (Wildman–Crippen LogP) is 3.66. The Morgan fingerprint density at radius 3 is 2.84 bits per heavy atom. The van der Waals surface area contributed by atoms with Crippen molar-refractivity contribution in [2.75, 3.05) is 17.7 Å². The standard InChI is InChI=1S/C18H21ClN4OS/c1-5-9-22(17(24)10-16(25-4)13(2)3)15-12-23(21-18(15)19)14-7-6-8-20-11-14/h1,6-8,11-13,16H,9-10H2,2-4H3. The number of halogens is 1. The van der Waals surface area contributed by atoms with Crippen molar-refractivity contribution in [3.05, 3.63) is 35.9 Å². The highest BCUT2D eigenvalue weighted by atomic mass is 35.5. The molecular formula is C18H21ClN4OS. The van der Waals surface area contributed by atoms with Crippen LogP contribution >= 0.6 is 23.4 Å². The van der Waals surface area contributed by atoms with Crippen LogP contribution in [0.2, 0.25) is 5.15 Å². The van der Waals surface area contributed by atoms with E-state index >= 15 is 0 Å². The number of carbonyl (C=O) groups excluding carboxylic acids is 1. The third kappa shape index (κ3) is 4.77. The number of terminal acetylenes is 1. The second-order valence-electron chi connectivity index (χ2n) is 5.87. The lowest BCUT2D eigenvalue weighted by Gasteiger charge is -2.23. The van der Waals surface area contributed by atoms with Crippen LogP contribution in [0.25, 0.3) is 5.69 Å². The fraction of sp³-hybridized carbons (Fsp3) is 0.389. The molecular weight excluding hydrogens is 356 g/mol. The Bertz CT molecular complexity index is 754. The van der Waals surface area contributed by atoms with Crippen LogP contribution in [0.5, 0.6) is 0 Å². The average molecular weight is 377 g/mol. The summed E-state index contributed by atoms with van der Waals surface area (Å²) in [6.45, 7) is 4.36. The molecule has 25 heavy (non-hydrogen) atoms. The van der Waals surface area contributed by atoms with E-state index in [2.05, 4.69) is 29.9 Å². The van der Waals surface area contributed by atoms with Crippen molar-refractivity contribution in [3.8, 4) is 18.0 Å². The molecule has 1 atom stereocenters. The van der Waals surface area contributed by atoms with Gasteiger partial charge < -0.3 is 0 Å². The number of rotatable bonds is 7. The highest BCUT2D eigenvalue weighted by molar-refractivity contribution is 7.99. The highest BCUT2D eigenvalue weighted by Gasteiger charge is 2.25. The van der Waals surface area contributed by atoms with Crippen LogP contribution in [-0.4, -0.2) is 38.7 Å². The van der Waals surface area contributed by atoms with E-state index in [1.54, 1.807) is 41.1 Å². The number of aromatic nitrogens is 3. The lowest BCUT2D eigenvalue weighted by atomic mass is 10.1. The van der Waals surface area contributed by atoms with Gasteiger partial charge in [0.2, 0.25) is 5.91 Å². The summed E-state index contributed by atoms with van der Waals surface area (Å²) < 4.78 is 1.59. The van der Waals surface area contributed by atoms with Crippen molar-refractivity contribution in [1.82, 2.24) is 14.8 Å². The minimum atomic E-state index is -0.0568. The molecule has 2 aromatic rings. The van der Waals surface area contributed by atoms with Gasteiger partial charge in [-0.25, -0.2) is 4.68 Å². The van der Waals surface area contributed by atoms with Gasteiger partial charge >= 0.3 is 0 Å². The number of carbonyl (C=O) groups is 1. The number of anilines is 1. The van der Waals surface area contributed by atoms with E-state index in [-0.39, 0.29) is 22.9 Å². The van der Waals surface area contributed by atoms with Crippen LogP contribution in [0.3, 0.4) is 0 Å². The van der Waals surface area contributed by atoms with E-state index in [1.165, 1.54) is 4.90 Å². The van der Waals surface area contributed by atoms with E-state index in [4.69, 9.17) is 18.0 Å². The molecule has 2 heterocycles. The molecule has 0 aliphatic heterocycles. The summed E-state index contributed by atoms with van der Waals surface area (Å²) >= 11 is 7.96. The maximum Gasteiger partial charge on any atom is 0.229 e. The molecule has 1 amide bonds. The fourth-order valence-corrected chi connectivity index (χ4v) is 3.50. The molecule has 0 fully saturated rings. The molecule has 0 aromatic carbocycles. The normalized spacial score (nSPS) is 12.0. The van der Waals surface area contributed by atoms with Gasteiger partial charge in [-0.2, -0.15) is 16.9 Å². The summed E-state index contributed by atoms with van der Waals surface area (Å²) in [7, 11) is 0. The molecule has 0 aliphatic carbocycles. The SMILES string of the molecule is C#CCN(C(=O)CC(SC)C(C)C)c1cn(-c2cccnc2)nc1Cl. The maximum atomic E-state index is 12.8. The van der Waals surface area contributed by atoms with E-state index in [1.807, 2.05) is 12.3 Å². The van der Waals surface area contributed by atoms with Crippen molar-refractivity contribution >= 4 is 35.0 Å². The van der Waals surface area contributed by atoms with Crippen molar-refractivity contribution in [2.24, 2.45) is 5.92 Å². The maximum absolute atomic E-state index is 12.8. The summed E-state index contributed by atoms with van der Waals surface area (Å²) in [6, 6.07) is 3.66. The number of hydrogen-bond donors (Lipinski definition) is 0. The molecule has 0 radical (unpaired) electrons. The number of thioether (sulfide) groups is 1. The molecule has 0 saturated heterocycles. The zero-order chi connectivity index (χ0) is 18.4. The first-order chi connectivity index (χ1) is 12.0. The minimum absolute atomic E-state index is 0.0568. The molecule has 1 unspecified atom stereocenters. The van der Waals surface area contributed by atoms with Gasteiger partial charge in [0.1, 0.15) is 5.69 Å². The number of nitrogens with zero attached hydrogens (tertiary/aromatic N) is 4. The van der Waals surface area contributed by atoms with Gasteiger partial charge in [0, 0.05) is 17.9 Å². The zero-order valence-electron chi connectivity index (χ0n) is 14.5. The lowest BCUT2D eigenvalue weighted by molar-refractivity contribution is -0.118. The molecule has 7 heteroatoms. The summed E-state index contributed by atoms with van der Waals surface area (Å²) in [4.78, 5) is 18.4. The molecule has 0 spiro atoms. The van der Waals surface area contributed by atoms with E-state index in [0.29, 0.717) is 18.0 Å². The first kappa shape index (κ1) is 19.4. The summed E-state index contributed by atoms with van der Waals surface area (Å²) in [5.41, 5.74) is 1.27. The van der Waals surface area contributed by atoms with Crippen molar-refractivity contribution in [2.45, 2.75) is 25.5 Å². The van der Waals surface area contributed by atoms with Crippen molar-refractivity contribution < 1.29 is 4.79 Å². The first-order valence-corrected chi connectivity index (χ1v) is 9.56. The summed E-state index contributed by atoms with van der Waals surface area (Å²) in [5.74, 6) is 2.87. The van der Waals surface area contributed by atoms with Gasteiger partial charge in [-0.1, -0.05) is 31.4 Å². The number of pyridine rings is 1. The molecule has 132 valence electrons. The van der Waals surface area contributed by atoms with Gasteiger partial charge in [0.05, 0.1) is 24.6 Å². The van der Waals surface area contributed by atoms with Crippen LogP contribution in [0.4, 0.5) is 5.69 Å². The smallest absolute Gasteiger partial charge is 0.229 e. The molecule has 5 nitrogen and oxygen atoms in total. The van der Waals surface area contributed by atoms with E-state index in [9.17, 15) is 4.79 Å². The second kappa shape index (κ2) is 8.93. The Morgan fingerprint density at radius 1 is 1.52 bits per heavy atom. The van der Waals surface area contributed by atoms with Crippen LogP contribution in [0.1, 0.15) is 20.3 Å². The number of hydrogen-bond acceptors (Lipinski definition) is 4. The number of amides is 1. The predicted molar refractivity (Wildman–Crippen MR) is 104 cm³/mol. The average Bonchev–Trinajstić information content (AvgIpc) is 2.99. The highest BCUT2D eigenvalue weighted by Crippen LogP contribution is 2.28. The van der Waals surface area contributed by atoms with Crippen LogP contribution < -0.4 is 4.90 Å². The van der Waals surface area contributed by atoms with E-state index in [0.717, 1.165) is 5.69 Å². The van der Waals surface area contributed by atoms with Crippen LogP contribution in [0.15, 0.2) is 30.7 Å². The molecule has 0 aliphatic rings. The van der Waals surface area contributed by atoms with E-state index < -0.39 is 0 Å². The third-order valence-corrected chi connectivity index (χ3v) is 5.41. The van der Waals surface area contributed by atoms with Crippen molar-refractivity contribution in [3.63, 3.8) is 0 Å². The van der Waals surface area contributed by atoms with Crippen LogP contribution in [0, 0.1) is 18.3 Å². The Labute approximate surface area is 157 Å². The monoisotopic (exact) mass is 376 g/mol. The first-order valence-electron chi connectivity index (χ1n) is 7.90. The molecule has 0 N–H and O–H groups in total. The Hall–Kier alpha value is -1.97. The Balaban J connectivity index is 2.30. The largest absolute Gasteiger partial charge is 0.296 e. The molecule has 0 bridgehead atoms. The summed E-state index contributed by atoms with van der Waals surface area (Å²) in [5, 5.41) is 4.73. The van der Waals surface area contributed by atoms with Crippen LogP contribution in [-0.2, 0) is 4.79 Å². The fourth-order valence-electron chi connectivity index (χ4n) is 2.42. The second-order valence-corrected chi connectivity index (χ2v) is 7.30. The van der Waals surface area contributed by atoms with Gasteiger partial charge in [-0.05, 0) is 24.3 Å². The third-order valence-electron chi connectivity index (χ3n) is 3.83. The Morgan fingerprint density at radius 2 is 2.28 bits per heavy atom. The quantitative estimate of drug-likeness (QED) is 0.692. The molecule has 2 aromatic heterocycles. The van der Waals surface area contributed by atoms with Crippen molar-refractivity contribution in [1.29, 1.82) is 0 Å². The molecule has 0 saturated carbocycles. The van der Waals surface area contributed by atoms with Gasteiger partial charge in [-0.15, -0.1) is 6.42 Å². The Kier molecular flexibility index (Phi) is 6.91. The van der Waals surface area contributed by atoms with Gasteiger partial charge in [0.25, 0.3) is 0 Å². The van der Waals surface area contributed by atoms with Gasteiger partial charge in [0.15, 0.2) is 5.15 Å². The minimum Gasteiger partial charge on any atom is -0.296 e. The van der Waals surface area contributed by atoms with Gasteiger partial charge in [-0.3, -0.25) is 14.7 Å². The lowest BCUT2D eigenvalue weighted by Crippen LogP contribution is -2.34. The zero-order valence-corrected chi connectivity index (χ0v) is 16.1.